The number of hydrogen-bond donors (Lipinski definition) is 2. The molecule has 2 N–H and O–H groups in total. The van der Waals surface area contributed by atoms with Crippen LogP contribution >= 0.6 is 11.6 Å². The first-order chi connectivity index (χ1) is 13.9. The smallest absolute Gasteiger partial charge is 0.263 e. The van der Waals surface area contributed by atoms with E-state index in [9.17, 15) is 13.2 Å². The molecule has 1 aliphatic heterocycles. The summed E-state index contributed by atoms with van der Waals surface area (Å²) in [5, 5.41) is 10.1. The van der Waals surface area contributed by atoms with Gasteiger partial charge in [-0.25, -0.2) is 8.42 Å². The van der Waals surface area contributed by atoms with Crippen molar-refractivity contribution in [2.24, 2.45) is 0 Å². The Kier molecular flexibility index (Phi) is 4.95. The summed E-state index contributed by atoms with van der Waals surface area (Å²) in [5.74, 6) is 0.743. The fraction of sp³-hybridized carbons (Fsp3) is 0.0556. The Morgan fingerprint density at radius 2 is 1.72 bits per heavy atom. The molecule has 1 aromatic heterocycles. The quantitative estimate of drug-likeness (QED) is 0.636. The number of sulfonamides is 1. The monoisotopic (exact) mass is 432 g/mol. The Morgan fingerprint density at radius 3 is 2.45 bits per heavy atom. The maximum atomic E-state index is 12.4. The topological polar surface area (TPSA) is 120 Å². The van der Waals surface area contributed by atoms with Crippen LogP contribution in [0.4, 0.5) is 11.5 Å². The van der Waals surface area contributed by atoms with Crippen molar-refractivity contribution in [1.82, 2.24) is 10.2 Å². The summed E-state index contributed by atoms with van der Waals surface area (Å²) in [5.41, 5.74) is 0.812. The number of hydrogen-bond acceptors (Lipinski definition) is 7. The molecule has 9 nitrogen and oxygen atoms in total. The number of nitrogens with zero attached hydrogens (tertiary/aromatic N) is 2. The van der Waals surface area contributed by atoms with Crippen molar-refractivity contribution in [3.05, 3.63) is 65.3 Å². The lowest BCUT2D eigenvalue weighted by molar-refractivity contribution is 0.102. The van der Waals surface area contributed by atoms with E-state index in [4.69, 9.17) is 21.1 Å². The highest BCUT2D eigenvalue weighted by Crippen LogP contribution is 2.32. The number of fused-ring (bicyclic) bond motifs is 1. The van der Waals surface area contributed by atoms with Gasteiger partial charge in [0.1, 0.15) is 0 Å². The van der Waals surface area contributed by atoms with Gasteiger partial charge in [-0.3, -0.25) is 9.52 Å². The zero-order valence-electron chi connectivity index (χ0n) is 14.6. The number of carbonyl (C=O) groups is 1. The molecule has 11 heteroatoms. The SMILES string of the molecule is O=C(Nc1ccc(S(=O)(=O)Nc2ccc(Cl)nn2)cc1)c1ccc2c(c1)OCO2. The van der Waals surface area contributed by atoms with Crippen molar-refractivity contribution in [2.75, 3.05) is 16.8 Å². The average molecular weight is 433 g/mol. The van der Waals surface area contributed by atoms with E-state index in [0.717, 1.165) is 0 Å². The van der Waals surface area contributed by atoms with Gasteiger partial charge in [0.15, 0.2) is 22.5 Å². The number of benzene rings is 2. The third-order valence-electron chi connectivity index (χ3n) is 3.93. The van der Waals surface area contributed by atoms with Crippen molar-refractivity contribution in [1.29, 1.82) is 0 Å². The molecule has 3 aromatic rings. The second kappa shape index (κ2) is 7.57. The van der Waals surface area contributed by atoms with Gasteiger partial charge >= 0.3 is 0 Å². The summed E-state index contributed by atoms with van der Waals surface area (Å²) in [6.07, 6.45) is 0. The molecule has 4 rings (SSSR count). The molecule has 1 amide bonds. The van der Waals surface area contributed by atoms with Crippen LogP contribution in [0.5, 0.6) is 11.5 Å². The third kappa shape index (κ3) is 4.23. The summed E-state index contributed by atoms with van der Waals surface area (Å²) in [6.45, 7) is 0.117. The van der Waals surface area contributed by atoms with Crippen molar-refractivity contribution in [3.8, 4) is 11.5 Å². The van der Waals surface area contributed by atoms with Gasteiger partial charge in [-0.15, -0.1) is 10.2 Å². The van der Waals surface area contributed by atoms with E-state index in [0.29, 0.717) is 22.7 Å². The van der Waals surface area contributed by atoms with Crippen LogP contribution in [0.2, 0.25) is 5.15 Å². The van der Waals surface area contributed by atoms with Crippen molar-refractivity contribution in [2.45, 2.75) is 4.90 Å². The zero-order chi connectivity index (χ0) is 20.4. The first-order valence-electron chi connectivity index (χ1n) is 8.24. The van der Waals surface area contributed by atoms with Crippen LogP contribution < -0.4 is 19.5 Å². The second-order valence-electron chi connectivity index (χ2n) is 5.89. The summed E-state index contributed by atoms with van der Waals surface area (Å²) in [7, 11) is -3.87. The molecule has 0 saturated heterocycles. The van der Waals surface area contributed by atoms with E-state index in [1.165, 1.54) is 36.4 Å². The number of nitrogens with one attached hydrogen (secondary N) is 2. The zero-order valence-corrected chi connectivity index (χ0v) is 16.2. The first-order valence-corrected chi connectivity index (χ1v) is 10.1. The highest BCUT2D eigenvalue weighted by Gasteiger charge is 2.18. The highest BCUT2D eigenvalue weighted by atomic mass is 35.5. The van der Waals surface area contributed by atoms with Crippen LogP contribution in [0, 0.1) is 0 Å². The molecule has 148 valence electrons. The van der Waals surface area contributed by atoms with Gasteiger partial charge in [-0.1, -0.05) is 11.6 Å². The van der Waals surface area contributed by atoms with Gasteiger partial charge in [0.2, 0.25) is 6.79 Å². The number of halogens is 1. The predicted molar refractivity (Wildman–Crippen MR) is 105 cm³/mol. The lowest BCUT2D eigenvalue weighted by Gasteiger charge is -2.09. The van der Waals surface area contributed by atoms with E-state index >= 15 is 0 Å². The largest absolute Gasteiger partial charge is 0.454 e. The summed E-state index contributed by atoms with van der Waals surface area (Å²) in [4.78, 5) is 12.4. The molecular weight excluding hydrogens is 420 g/mol. The number of ether oxygens (including phenoxy) is 2. The van der Waals surface area contributed by atoms with Crippen LogP contribution in [0.15, 0.2) is 59.5 Å². The minimum absolute atomic E-state index is 0.00433. The molecule has 0 spiro atoms. The van der Waals surface area contributed by atoms with Crippen LogP contribution in [0.3, 0.4) is 0 Å². The van der Waals surface area contributed by atoms with Crippen LogP contribution in [-0.2, 0) is 10.0 Å². The molecule has 0 fully saturated rings. The number of amides is 1. The van der Waals surface area contributed by atoms with E-state index < -0.39 is 10.0 Å². The lowest BCUT2D eigenvalue weighted by Crippen LogP contribution is -2.15. The van der Waals surface area contributed by atoms with Gasteiger partial charge in [0.05, 0.1) is 4.90 Å². The fourth-order valence-electron chi connectivity index (χ4n) is 2.53. The van der Waals surface area contributed by atoms with Gasteiger partial charge in [0, 0.05) is 11.3 Å². The van der Waals surface area contributed by atoms with Crippen molar-refractivity contribution >= 4 is 39.0 Å². The van der Waals surface area contributed by atoms with Crippen LogP contribution in [0.25, 0.3) is 0 Å². The molecular formula is C18H13ClN4O5S. The molecule has 2 heterocycles. The fourth-order valence-corrected chi connectivity index (χ4v) is 3.62. The minimum Gasteiger partial charge on any atom is -0.454 e. The van der Waals surface area contributed by atoms with E-state index in [-0.39, 0.29) is 28.6 Å². The number of anilines is 2. The molecule has 29 heavy (non-hydrogen) atoms. The van der Waals surface area contributed by atoms with Gasteiger partial charge < -0.3 is 14.8 Å². The van der Waals surface area contributed by atoms with E-state index in [1.807, 2.05) is 0 Å². The van der Waals surface area contributed by atoms with Crippen molar-refractivity contribution < 1.29 is 22.7 Å². The summed E-state index contributed by atoms with van der Waals surface area (Å²) >= 11 is 5.63. The second-order valence-corrected chi connectivity index (χ2v) is 7.96. The average Bonchev–Trinajstić information content (AvgIpc) is 3.18. The maximum absolute atomic E-state index is 12.4. The number of rotatable bonds is 5. The Morgan fingerprint density at radius 1 is 0.966 bits per heavy atom. The molecule has 0 atom stereocenters. The Labute approximate surface area is 170 Å². The van der Waals surface area contributed by atoms with E-state index in [1.54, 1.807) is 18.2 Å². The maximum Gasteiger partial charge on any atom is 0.263 e. The Balaban J connectivity index is 1.46. The molecule has 1 aliphatic rings. The van der Waals surface area contributed by atoms with E-state index in [2.05, 4.69) is 20.2 Å². The third-order valence-corrected chi connectivity index (χ3v) is 5.50. The molecule has 0 radical (unpaired) electrons. The van der Waals surface area contributed by atoms with Crippen LogP contribution in [0.1, 0.15) is 10.4 Å². The van der Waals surface area contributed by atoms with Gasteiger partial charge in [-0.05, 0) is 54.6 Å². The summed E-state index contributed by atoms with van der Waals surface area (Å²) in [6, 6.07) is 13.3. The first kappa shape index (κ1) is 19.0. The Bertz CT molecular complexity index is 1170. The van der Waals surface area contributed by atoms with Crippen LogP contribution in [-0.4, -0.2) is 31.3 Å². The molecule has 2 aromatic carbocycles. The summed E-state index contributed by atoms with van der Waals surface area (Å²) < 4.78 is 37.6. The number of carbonyl (C=O) groups excluding carboxylic acids is 1. The molecule has 0 aliphatic carbocycles. The normalized spacial score (nSPS) is 12.4. The standard InChI is InChI=1S/C18H13ClN4O5S/c19-16-7-8-17(22-21-16)23-29(25,26)13-4-2-12(3-5-13)20-18(24)11-1-6-14-15(9-11)28-10-27-14/h1-9H,10H2,(H,20,24)(H,22,23). The molecule has 0 bridgehead atoms. The minimum atomic E-state index is -3.87. The number of aromatic nitrogens is 2. The van der Waals surface area contributed by atoms with Gasteiger partial charge in [0.25, 0.3) is 15.9 Å². The molecule has 0 saturated carbocycles. The van der Waals surface area contributed by atoms with Crippen molar-refractivity contribution in [3.63, 3.8) is 0 Å². The lowest BCUT2D eigenvalue weighted by atomic mass is 10.2. The Hall–Kier alpha value is -3.37. The highest BCUT2D eigenvalue weighted by molar-refractivity contribution is 7.92. The van der Waals surface area contributed by atoms with Gasteiger partial charge in [-0.2, -0.15) is 0 Å². The predicted octanol–water partition coefficient (Wildman–Crippen LogP) is 2.91. The molecule has 0 unspecified atom stereocenters.